The van der Waals surface area contributed by atoms with Gasteiger partial charge in [-0.1, -0.05) is 6.92 Å². The van der Waals surface area contributed by atoms with Crippen molar-refractivity contribution in [3.63, 3.8) is 0 Å². The van der Waals surface area contributed by atoms with E-state index in [2.05, 4.69) is 22.4 Å². The highest BCUT2D eigenvalue weighted by atomic mass is 16.3. The zero-order valence-corrected chi connectivity index (χ0v) is 13.0. The molecule has 6 nitrogen and oxygen atoms in total. The van der Waals surface area contributed by atoms with Crippen molar-refractivity contribution in [2.24, 2.45) is 5.92 Å². The van der Waals surface area contributed by atoms with Gasteiger partial charge in [-0.05, 0) is 43.7 Å². The Kier molecular flexibility index (Phi) is 4.77. The summed E-state index contributed by atoms with van der Waals surface area (Å²) in [7, 11) is 3.35. The van der Waals surface area contributed by atoms with Gasteiger partial charge in [0.1, 0.15) is 5.82 Å². The number of amides is 1. The van der Waals surface area contributed by atoms with Crippen molar-refractivity contribution in [3.8, 4) is 0 Å². The number of aliphatic hydroxyl groups is 1. The SMILES string of the molecule is CC1CCC(O)(CNc2ccc(C(=O)N(C)C)nn2)CC1. The quantitative estimate of drug-likeness (QED) is 0.880. The maximum Gasteiger partial charge on any atom is 0.273 e. The number of hydrogen-bond donors (Lipinski definition) is 2. The third-order valence-corrected chi connectivity index (χ3v) is 4.09. The van der Waals surface area contributed by atoms with E-state index < -0.39 is 5.60 Å². The summed E-state index contributed by atoms with van der Waals surface area (Å²) in [4.78, 5) is 13.2. The van der Waals surface area contributed by atoms with Crippen LogP contribution in [0.3, 0.4) is 0 Å². The highest BCUT2D eigenvalue weighted by Gasteiger charge is 2.31. The fourth-order valence-electron chi connectivity index (χ4n) is 2.50. The summed E-state index contributed by atoms with van der Waals surface area (Å²) in [6.07, 6.45) is 3.73. The Morgan fingerprint density at radius 3 is 2.57 bits per heavy atom. The van der Waals surface area contributed by atoms with Gasteiger partial charge in [0.05, 0.1) is 5.60 Å². The Bertz CT molecular complexity index is 479. The molecule has 1 saturated carbocycles. The molecule has 1 aromatic rings. The van der Waals surface area contributed by atoms with Crippen molar-refractivity contribution in [2.75, 3.05) is 26.0 Å². The fourth-order valence-corrected chi connectivity index (χ4v) is 2.50. The van der Waals surface area contributed by atoms with Crippen LogP contribution in [0.25, 0.3) is 0 Å². The van der Waals surface area contributed by atoms with Crippen LogP contribution in [0, 0.1) is 5.92 Å². The lowest BCUT2D eigenvalue weighted by Crippen LogP contribution is -2.40. The van der Waals surface area contributed by atoms with Crippen molar-refractivity contribution in [1.29, 1.82) is 0 Å². The van der Waals surface area contributed by atoms with E-state index >= 15 is 0 Å². The number of nitrogens with zero attached hydrogens (tertiary/aromatic N) is 3. The summed E-state index contributed by atoms with van der Waals surface area (Å²) in [5, 5.41) is 21.5. The van der Waals surface area contributed by atoms with Gasteiger partial charge in [0.25, 0.3) is 5.91 Å². The van der Waals surface area contributed by atoms with E-state index in [0.717, 1.165) is 25.7 Å². The average Bonchev–Trinajstić information content (AvgIpc) is 2.48. The van der Waals surface area contributed by atoms with Crippen LogP contribution < -0.4 is 5.32 Å². The minimum absolute atomic E-state index is 0.172. The lowest BCUT2D eigenvalue weighted by molar-refractivity contribution is 0.00493. The number of anilines is 1. The van der Waals surface area contributed by atoms with E-state index in [1.54, 1.807) is 26.2 Å². The van der Waals surface area contributed by atoms with Crippen molar-refractivity contribution < 1.29 is 9.90 Å². The Hall–Kier alpha value is -1.69. The van der Waals surface area contributed by atoms with Crippen LogP contribution in [0.5, 0.6) is 0 Å². The smallest absolute Gasteiger partial charge is 0.273 e. The summed E-state index contributed by atoms with van der Waals surface area (Å²) in [5.74, 6) is 1.10. The Morgan fingerprint density at radius 2 is 2.05 bits per heavy atom. The summed E-state index contributed by atoms with van der Waals surface area (Å²) >= 11 is 0. The normalized spacial score (nSPS) is 25.4. The standard InChI is InChI=1S/C15H24N4O2/c1-11-6-8-15(21,9-7-11)10-16-13-5-4-12(17-18-13)14(20)19(2)3/h4-5,11,21H,6-10H2,1-3H3,(H,16,18). The van der Waals surface area contributed by atoms with E-state index in [4.69, 9.17) is 0 Å². The highest BCUT2D eigenvalue weighted by Crippen LogP contribution is 2.31. The summed E-state index contributed by atoms with van der Waals surface area (Å²) in [6.45, 7) is 2.69. The molecule has 1 aliphatic rings. The predicted octanol–water partition coefficient (Wildman–Crippen LogP) is 1.53. The first-order valence-corrected chi connectivity index (χ1v) is 7.41. The molecule has 1 fully saturated rings. The number of aromatic nitrogens is 2. The maximum atomic E-state index is 11.7. The molecule has 0 saturated heterocycles. The largest absolute Gasteiger partial charge is 0.388 e. The summed E-state index contributed by atoms with van der Waals surface area (Å²) in [5.41, 5.74) is -0.345. The van der Waals surface area contributed by atoms with Crippen LogP contribution in [0.2, 0.25) is 0 Å². The Morgan fingerprint density at radius 1 is 1.38 bits per heavy atom. The number of nitrogens with one attached hydrogen (secondary N) is 1. The molecule has 1 aliphatic carbocycles. The van der Waals surface area contributed by atoms with Gasteiger partial charge < -0.3 is 15.3 Å². The minimum atomic E-state index is -0.660. The molecule has 6 heteroatoms. The van der Waals surface area contributed by atoms with Gasteiger partial charge >= 0.3 is 0 Å². The van der Waals surface area contributed by atoms with E-state index in [-0.39, 0.29) is 5.91 Å². The van der Waals surface area contributed by atoms with Crippen LogP contribution >= 0.6 is 0 Å². The van der Waals surface area contributed by atoms with E-state index in [1.165, 1.54) is 4.90 Å². The second-order valence-electron chi connectivity index (χ2n) is 6.26. The molecule has 0 aromatic carbocycles. The first kappa shape index (κ1) is 15.7. The fraction of sp³-hybridized carbons (Fsp3) is 0.667. The van der Waals surface area contributed by atoms with Gasteiger partial charge in [-0.15, -0.1) is 10.2 Å². The van der Waals surface area contributed by atoms with Gasteiger partial charge in [0.15, 0.2) is 5.69 Å². The molecule has 1 aromatic heterocycles. The van der Waals surface area contributed by atoms with Crippen molar-refractivity contribution in [2.45, 2.75) is 38.2 Å². The third kappa shape index (κ3) is 4.14. The summed E-state index contributed by atoms with van der Waals surface area (Å²) < 4.78 is 0. The molecule has 0 bridgehead atoms. The molecule has 1 heterocycles. The molecule has 0 unspecified atom stereocenters. The van der Waals surface area contributed by atoms with Gasteiger partial charge in [0, 0.05) is 20.6 Å². The van der Waals surface area contributed by atoms with Crippen molar-refractivity contribution >= 4 is 11.7 Å². The van der Waals surface area contributed by atoms with Gasteiger partial charge in [-0.25, -0.2) is 0 Å². The topological polar surface area (TPSA) is 78.4 Å². The van der Waals surface area contributed by atoms with E-state index in [0.29, 0.717) is 24.0 Å². The summed E-state index contributed by atoms with van der Waals surface area (Å²) in [6, 6.07) is 3.36. The van der Waals surface area contributed by atoms with Crippen LogP contribution in [0.4, 0.5) is 5.82 Å². The van der Waals surface area contributed by atoms with Crippen molar-refractivity contribution in [1.82, 2.24) is 15.1 Å². The van der Waals surface area contributed by atoms with Crippen LogP contribution in [0.1, 0.15) is 43.1 Å². The molecule has 0 atom stereocenters. The first-order chi connectivity index (χ1) is 9.89. The molecular formula is C15H24N4O2. The molecule has 0 spiro atoms. The molecule has 0 radical (unpaired) electrons. The zero-order valence-electron chi connectivity index (χ0n) is 13.0. The lowest BCUT2D eigenvalue weighted by atomic mass is 9.79. The monoisotopic (exact) mass is 292 g/mol. The predicted molar refractivity (Wildman–Crippen MR) is 81.1 cm³/mol. The highest BCUT2D eigenvalue weighted by molar-refractivity contribution is 5.91. The maximum absolute atomic E-state index is 11.7. The molecular weight excluding hydrogens is 268 g/mol. The number of carbonyl (C=O) groups is 1. The number of hydrogen-bond acceptors (Lipinski definition) is 5. The average molecular weight is 292 g/mol. The van der Waals surface area contributed by atoms with Gasteiger partial charge in [-0.2, -0.15) is 0 Å². The molecule has 0 aliphatic heterocycles. The third-order valence-electron chi connectivity index (χ3n) is 4.09. The second-order valence-corrected chi connectivity index (χ2v) is 6.26. The van der Waals surface area contributed by atoms with Crippen LogP contribution in [-0.2, 0) is 0 Å². The van der Waals surface area contributed by atoms with Crippen LogP contribution in [0.15, 0.2) is 12.1 Å². The molecule has 1 amide bonds. The van der Waals surface area contributed by atoms with Crippen molar-refractivity contribution in [3.05, 3.63) is 17.8 Å². The van der Waals surface area contributed by atoms with E-state index in [1.807, 2.05) is 0 Å². The zero-order chi connectivity index (χ0) is 15.5. The van der Waals surface area contributed by atoms with Gasteiger partial charge in [-0.3, -0.25) is 4.79 Å². The molecule has 2 rings (SSSR count). The van der Waals surface area contributed by atoms with Gasteiger partial charge in [0.2, 0.25) is 0 Å². The molecule has 116 valence electrons. The molecule has 2 N–H and O–H groups in total. The minimum Gasteiger partial charge on any atom is -0.388 e. The Balaban J connectivity index is 1.90. The van der Waals surface area contributed by atoms with E-state index in [9.17, 15) is 9.90 Å². The first-order valence-electron chi connectivity index (χ1n) is 7.41. The number of rotatable bonds is 4. The molecule has 21 heavy (non-hydrogen) atoms. The second kappa shape index (κ2) is 6.39. The Labute approximate surface area is 125 Å². The lowest BCUT2D eigenvalue weighted by Gasteiger charge is -2.35. The number of carbonyl (C=O) groups excluding carboxylic acids is 1. The van der Waals surface area contributed by atoms with Crippen LogP contribution in [-0.4, -0.2) is 52.4 Å².